The smallest absolute Gasteiger partial charge is 0.139 e. The van der Waals surface area contributed by atoms with Crippen LogP contribution in [0.2, 0.25) is 0 Å². The van der Waals surface area contributed by atoms with E-state index in [1.807, 2.05) is 0 Å². The Morgan fingerprint density at radius 3 is 2.00 bits per heavy atom. The number of hydrogen-bond acceptors (Lipinski definition) is 1. The van der Waals surface area contributed by atoms with Crippen LogP contribution in [0.3, 0.4) is 0 Å². The molecule has 0 spiro atoms. The van der Waals surface area contributed by atoms with Gasteiger partial charge < -0.3 is 4.40 Å². The van der Waals surface area contributed by atoms with Crippen molar-refractivity contribution in [2.75, 3.05) is 0 Å². The monoisotopic (exact) mass is 328 g/mol. The molecule has 2 rings (SSSR count). The van der Waals surface area contributed by atoms with E-state index in [-0.39, 0.29) is 0 Å². The molecule has 134 valence electrons. The van der Waals surface area contributed by atoms with Crippen LogP contribution in [0.4, 0.5) is 0 Å². The second-order valence-electron chi connectivity index (χ2n) is 7.29. The van der Waals surface area contributed by atoms with Crippen molar-refractivity contribution in [2.24, 2.45) is 0 Å². The van der Waals surface area contributed by atoms with Gasteiger partial charge in [0.15, 0.2) is 0 Å². The standard InChI is InChI=1S/C22H36N2/c1-3-4-5-6-7-8-9-10-11-12-13-14-17-21-19-24-18-15-16-20(2)22(24)23-21/h15-16,18-19H,3-14,17H2,1-2H3. The van der Waals surface area contributed by atoms with Crippen LogP contribution in [-0.2, 0) is 6.42 Å². The highest BCUT2D eigenvalue weighted by Gasteiger charge is 2.03. The van der Waals surface area contributed by atoms with E-state index in [2.05, 4.69) is 42.8 Å². The van der Waals surface area contributed by atoms with Gasteiger partial charge in [-0.1, -0.05) is 83.6 Å². The number of aromatic nitrogens is 2. The number of rotatable bonds is 13. The molecule has 2 heterocycles. The van der Waals surface area contributed by atoms with Crippen molar-refractivity contribution >= 4 is 5.65 Å². The van der Waals surface area contributed by atoms with Crippen molar-refractivity contribution in [3.8, 4) is 0 Å². The molecule has 0 unspecified atom stereocenters. The van der Waals surface area contributed by atoms with E-state index in [4.69, 9.17) is 4.98 Å². The van der Waals surface area contributed by atoms with Gasteiger partial charge in [0.1, 0.15) is 5.65 Å². The summed E-state index contributed by atoms with van der Waals surface area (Å²) >= 11 is 0. The molecule has 24 heavy (non-hydrogen) atoms. The Balaban J connectivity index is 1.47. The molecule has 2 aromatic heterocycles. The van der Waals surface area contributed by atoms with Crippen LogP contribution in [0.1, 0.15) is 95.2 Å². The molecule has 2 nitrogen and oxygen atoms in total. The summed E-state index contributed by atoms with van der Waals surface area (Å²) in [7, 11) is 0. The number of nitrogens with zero attached hydrogens (tertiary/aromatic N) is 2. The van der Waals surface area contributed by atoms with Gasteiger partial charge in [-0.15, -0.1) is 0 Å². The quantitative estimate of drug-likeness (QED) is 0.366. The zero-order valence-corrected chi connectivity index (χ0v) is 15.9. The van der Waals surface area contributed by atoms with Gasteiger partial charge in [0.2, 0.25) is 0 Å². The summed E-state index contributed by atoms with van der Waals surface area (Å²) in [6.07, 6.45) is 22.3. The minimum Gasteiger partial charge on any atom is -0.307 e. The molecule has 0 bridgehead atoms. The van der Waals surface area contributed by atoms with E-state index in [0.29, 0.717) is 0 Å². The van der Waals surface area contributed by atoms with Gasteiger partial charge in [-0.2, -0.15) is 0 Å². The first-order valence-electron chi connectivity index (χ1n) is 10.2. The van der Waals surface area contributed by atoms with Crippen molar-refractivity contribution in [1.82, 2.24) is 9.38 Å². The van der Waals surface area contributed by atoms with Crippen LogP contribution in [0.5, 0.6) is 0 Å². The second kappa shape index (κ2) is 11.3. The Morgan fingerprint density at radius 2 is 1.42 bits per heavy atom. The Hall–Kier alpha value is -1.31. The summed E-state index contributed by atoms with van der Waals surface area (Å²) in [4.78, 5) is 4.76. The second-order valence-corrected chi connectivity index (χ2v) is 7.29. The lowest BCUT2D eigenvalue weighted by molar-refractivity contribution is 0.543. The summed E-state index contributed by atoms with van der Waals surface area (Å²) in [5.41, 5.74) is 3.63. The van der Waals surface area contributed by atoms with Gasteiger partial charge >= 0.3 is 0 Å². The van der Waals surface area contributed by atoms with E-state index in [9.17, 15) is 0 Å². The van der Waals surface area contributed by atoms with E-state index in [0.717, 1.165) is 12.1 Å². The lowest BCUT2D eigenvalue weighted by atomic mass is 10.0. The zero-order valence-electron chi connectivity index (χ0n) is 15.9. The molecule has 0 radical (unpaired) electrons. The fourth-order valence-electron chi connectivity index (χ4n) is 3.47. The molecule has 0 saturated heterocycles. The van der Waals surface area contributed by atoms with Gasteiger partial charge in [-0.25, -0.2) is 4.98 Å². The molecule has 0 atom stereocenters. The largest absolute Gasteiger partial charge is 0.307 e. The zero-order chi connectivity index (χ0) is 17.0. The third-order valence-corrected chi connectivity index (χ3v) is 5.01. The van der Waals surface area contributed by atoms with E-state index in [1.54, 1.807) is 0 Å². The molecule has 0 aliphatic heterocycles. The van der Waals surface area contributed by atoms with Crippen molar-refractivity contribution in [1.29, 1.82) is 0 Å². The Bertz CT molecular complexity index is 570. The van der Waals surface area contributed by atoms with E-state index >= 15 is 0 Å². The number of aryl methyl sites for hydroxylation is 2. The summed E-state index contributed by atoms with van der Waals surface area (Å²) < 4.78 is 2.16. The number of pyridine rings is 1. The summed E-state index contributed by atoms with van der Waals surface area (Å²) in [6, 6.07) is 4.23. The first-order valence-corrected chi connectivity index (χ1v) is 10.2. The molecule has 0 fully saturated rings. The highest BCUT2D eigenvalue weighted by molar-refractivity contribution is 5.47. The fraction of sp³-hybridized carbons (Fsp3) is 0.682. The molecule has 0 N–H and O–H groups in total. The lowest BCUT2D eigenvalue weighted by Crippen LogP contribution is -1.87. The van der Waals surface area contributed by atoms with Crippen LogP contribution in [0.25, 0.3) is 5.65 Å². The first-order chi connectivity index (χ1) is 11.8. The number of imidazole rings is 1. The van der Waals surface area contributed by atoms with Gasteiger partial charge in [0.25, 0.3) is 0 Å². The minimum atomic E-state index is 1.12. The molecule has 2 aromatic rings. The van der Waals surface area contributed by atoms with Crippen molar-refractivity contribution in [2.45, 2.75) is 97.3 Å². The van der Waals surface area contributed by atoms with Gasteiger partial charge in [-0.3, -0.25) is 0 Å². The summed E-state index contributed by atoms with van der Waals surface area (Å²) in [5, 5.41) is 0. The topological polar surface area (TPSA) is 17.3 Å². The molecule has 0 saturated carbocycles. The van der Waals surface area contributed by atoms with Crippen molar-refractivity contribution in [3.05, 3.63) is 35.8 Å². The highest BCUT2D eigenvalue weighted by Crippen LogP contribution is 2.14. The average Bonchev–Trinajstić information content (AvgIpc) is 3.00. The number of unbranched alkanes of at least 4 members (excludes halogenated alkanes) is 11. The third-order valence-electron chi connectivity index (χ3n) is 5.01. The number of fused-ring (bicyclic) bond motifs is 1. The molecular weight excluding hydrogens is 292 g/mol. The van der Waals surface area contributed by atoms with E-state index in [1.165, 1.54) is 88.3 Å². The fourth-order valence-corrected chi connectivity index (χ4v) is 3.47. The molecule has 2 heteroatoms. The SMILES string of the molecule is CCCCCCCCCCCCCCc1cn2cccc(C)c2n1. The predicted octanol–water partition coefficient (Wildman–Crippen LogP) is 6.89. The Kier molecular flexibility index (Phi) is 8.94. The van der Waals surface area contributed by atoms with Gasteiger partial charge in [-0.05, 0) is 31.4 Å². The van der Waals surface area contributed by atoms with Crippen LogP contribution in [-0.4, -0.2) is 9.38 Å². The molecular formula is C22H36N2. The maximum atomic E-state index is 4.76. The normalized spacial score (nSPS) is 11.4. The summed E-state index contributed by atoms with van der Waals surface area (Å²) in [6.45, 7) is 4.42. The lowest BCUT2D eigenvalue weighted by Gasteiger charge is -2.02. The summed E-state index contributed by atoms with van der Waals surface area (Å²) in [5.74, 6) is 0. The molecule has 0 aliphatic rings. The Labute approximate surface area is 148 Å². The molecule has 0 aliphatic carbocycles. The van der Waals surface area contributed by atoms with Crippen LogP contribution in [0.15, 0.2) is 24.5 Å². The first kappa shape index (κ1) is 19.0. The maximum absolute atomic E-state index is 4.76. The Morgan fingerprint density at radius 1 is 0.833 bits per heavy atom. The maximum Gasteiger partial charge on any atom is 0.139 e. The number of hydrogen-bond donors (Lipinski definition) is 0. The molecule has 0 amide bonds. The predicted molar refractivity (Wildman–Crippen MR) is 105 cm³/mol. The van der Waals surface area contributed by atoms with Crippen LogP contribution >= 0.6 is 0 Å². The van der Waals surface area contributed by atoms with Crippen molar-refractivity contribution < 1.29 is 0 Å². The van der Waals surface area contributed by atoms with E-state index < -0.39 is 0 Å². The van der Waals surface area contributed by atoms with Crippen molar-refractivity contribution in [3.63, 3.8) is 0 Å². The third kappa shape index (κ3) is 6.67. The van der Waals surface area contributed by atoms with Crippen LogP contribution in [0, 0.1) is 6.92 Å². The molecule has 0 aromatic carbocycles. The minimum absolute atomic E-state index is 1.12. The highest BCUT2D eigenvalue weighted by atomic mass is 15.0. The average molecular weight is 329 g/mol. The van der Waals surface area contributed by atoms with Gasteiger partial charge in [0, 0.05) is 12.4 Å². The van der Waals surface area contributed by atoms with Crippen LogP contribution < -0.4 is 0 Å². The van der Waals surface area contributed by atoms with Gasteiger partial charge in [0.05, 0.1) is 5.69 Å².